The van der Waals surface area contributed by atoms with Gasteiger partial charge in [-0.2, -0.15) is 24.9 Å². The van der Waals surface area contributed by atoms with Crippen molar-refractivity contribution >= 4 is 23.8 Å². The number of hydrogen-bond donors (Lipinski definition) is 1. The van der Waals surface area contributed by atoms with Crippen molar-refractivity contribution in [2.24, 2.45) is 5.92 Å². The molecular weight excluding hydrogens is 381 g/mol. The molecule has 9 heteroatoms. The third kappa shape index (κ3) is 4.69. The predicted octanol–water partition coefficient (Wildman–Crippen LogP) is 3.36. The number of nitrogens with zero attached hydrogens (tertiary/aromatic N) is 2. The highest BCUT2D eigenvalue weighted by molar-refractivity contribution is 7.99. The Morgan fingerprint density at radius 1 is 1.04 bits per heavy atom. The van der Waals surface area contributed by atoms with Crippen LogP contribution in [-0.2, 0) is 11.0 Å². The Kier molecular flexibility index (Phi) is 5.88. The van der Waals surface area contributed by atoms with E-state index < -0.39 is 23.6 Å². The summed E-state index contributed by atoms with van der Waals surface area (Å²) < 4.78 is 38.3. The van der Waals surface area contributed by atoms with Gasteiger partial charge in [0.15, 0.2) is 0 Å². The van der Waals surface area contributed by atoms with Crippen LogP contribution in [0.1, 0.15) is 23.5 Å². The molecule has 0 radical (unpaired) electrons. The Morgan fingerprint density at radius 3 is 2.22 bits per heavy atom. The molecule has 1 aromatic carbocycles. The number of alkyl halides is 3. The van der Waals surface area contributed by atoms with Gasteiger partial charge >= 0.3 is 18.2 Å². The maximum absolute atomic E-state index is 12.8. The third-order valence-electron chi connectivity index (χ3n) is 5.06. The molecule has 0 saturated carbocycles. The number of piperidine rings is 1. The van der Waals surface area contributed by atoms with Crippen molar-refractivity contribution in [2.75, 3.05) is 37.7 Å². The number of rotatable bonds is 2. The Balaban J connectivity index is 1.78. The number of carbonyl (C=O) groups excluding carboxylic acids is 1. The van der Waals surface area contributed by atoms with Crippen molar-refractivity contribution < 1.29 is 27.9 Å². The van der Waals surface area contributed by atoms with Gasteiger partial charge in [-0.3, -0.25) is 4.79 Å². The monoisotopic (exact) mass is 402 g/mol. The fourth-order valence-electron chi connectivity index (χ4n) is 3.57. The average Bonchev–Trinajstić information content (AvgIpc) is 2.67. The van der Waals surface area contributed by atoms with Crippen molar-refractivity contribution in [2.45, 2.75) is 18.5 Å². The molecule has 2 fully saturated rings. The molecule has 2 atom stereocenters. The van der Waals surface area contributed by atoms with Crippen molar-refractivity contribution in [1.29, 1.82) is 0 Å². The summed E-state index contributed by atoms with van der Waals surface area (Å²) in [6.07, 6.45) is -4.11. The summed E-state index contributed by atoms with van der Waals surface area (Å²) in [4.78, 5) is 27.6. The number of carboxylic acids is 1. The molecule has 2 aliphatic rings. The van der Waals surface area contributed by atoms with Crippen LogP contribution in [-0.4, -0.2) is 64.6 Å². The van der Waals surface area contributed by atoms with E-state index in [-0.39, 0.29) is 18.5 Å². The molecule has 148 valence electrons. The van der Waals surface area contributed by atoms with E-state index in [9.17, 15) is 27.9 Å². The minimum atomic E-state index is -4.41. The second kappa shape index (κ2) is 8.00. The van der Waals surface area contributed by atoms with Gasteiger partial charge in [0.25, 0.3) is 0 Å². The Bertz CT molecular complexity index is 690. The molecule has 2 saturated heterocycles. The molecule has 0 bridgehead atoms. The lowest BCUT2D eigenvalue weighted by atomic mass is 9.84. The van der Waals surface area contributed by atoms with E-state index in [1.54, 1.807) is 21.6 Å². The molecule has 27 heavy (non-hydrogen) atoms. The van der Waals surface area contributed by atoms with E-state index in [4.69, 9.17) is 0 Å². The summed E-state index contributed by atoms with van der Waals surface area (Å²) in [6.45, 7) is 1.71. The van der Waals surface area contributed by atoms with E-state index in [2.05, 4.69) is 0 Å². The molecule has 2 amide bonds. The fraction of sp³-hybridized carbons (Fsp3) is 0.556. The van der Waals surface area contributed by atoms with Gasteiger partial charge in [-0.1, -0.05) is 12.1 Å². The molecule has 2 aliphatic heterocycles. The molecule has 1 aromatic rings. The summed E-state index contributed by atoms with van der Waals surface area (Å²) in [5, 5.41) is 9.46. The first-order chi connectivity index (χ1) is 12.8. The lowest BCUT2D eigenvalue weighted by molar-refractivity contribution is -0.143. The average molecular weight is 402 g/mol. The standard InChI is InChI=1S/C18H21F3N2O3S/c19-18(20,21)15-3-1-12(2-4-15)13-9-14(16(24)25)11-23(10-13)17(26)22-5-7-27-8-6-22/h1-4,13-14H,5-11H2,(H,24,25). The second-order valence-electron chi connectivity index (χ2n) is 6.87. The van der Waals surface area contributed by atoms with Crippen LogP contribution >= 0.6 is 11.8 Å². The Labute approximate surface area is 159 Å². The second-order valence-corrected chi connectivity index (χ2v) is 8.10. The number of carbonyl (C=O) groups is 2. The van der Waals surface area contributed by atoms with Crippen LogP contribution < -0.4 is 0 Å². The first-order valence-electron chi connectivity index (χ1n) is 8.77. The Morgan fingerprint density at radius 2 is 1.67 bits per heavy atom. The lowest BCUT2D eigenvalue weighted by Gasteiger charge is -2.40. The number of amides is 2. The van der Waals surface area contributed by atoms with Gasteiger partial charge in [0.05, 0.1) is 11.5 Å². The highest BCUT2D eigenvalue weighted by Crippen LogP contribution is 2.34. The first-order valence-corrected chi connectivity index (χ1v) is 9.92. The van der Waals surface area contributed by atoms with Crippen molar-refractivity contribution in [3.8, 4) is 0 Å². The van der Waals surface area contributed by atoms with E-state index >= 15 is 0 Å². The maximum atomic E-state index is 12.8. The smallest absolute Gasteiger partial charge is 0.416 e. The molecule has 0 spiro atoms. The SMILES string of the molecule is O=C(O)C1CC(c2ccc(C(F)(F)F)cc2)CN(C(=O)N2CCSCC2)C1. The largest absolute Gasteiger partial charge is 0.481 e. The van der Waals surface area contributed by atoms with Gasteiger partial charge in [0.2, 0.25) is 0 Å². The summed E-state index contributed by atoms with van der Waals surface area (Å²) >= 11 is 1.77. The van der Waals surface area contributed by atoms with Crippen LogP contribution in [0.3, 0.4) is 0 Å². The zero-order chi connectivity index (χ0) is 19.6. The van der Waals surface area contributed by atoms with Crippen LogP contribution in [0.4, 0.5) is 18.0 Å². The van der Waals surface area contributed by atoms with E-state index in [0.717, 1.165) is 23.6 Å². The topological polar surface area (TPSA) is 60.9 Å². The van der Waals surface area contributed by atoms with Crippen LogP contribution in [0.25, 0.3) is 0 Å². The molecule has 2 heterocycles. The van der Waals surface area contributed by atoms with E-state index in [0.29, 0.717) is 31.6 Å². The van der Waals surface area contributed by atoms with Crippen molar-refractivity contribution in [1.82, 2.24) is 9.80 Å². The third-order valence-corrected chi connectivity index (χ3v) is 6.00. The van der Waals surface area contributed by atoms with Crippen LogP contribution in [0.15, 0.2) is 24.3 Å². The number of urea groups is 1. The number of benzene rings is 1. The Hall–Kier alpha value is -1.90. The molecule has 0 aliphatic carbocycles. The number of halogens is 3. The number of likely N-dealkylation sites (tertiary alicyclic amines) is 1. The molecule has 5 nitrogen and oxygen atoms in total. The number of aliphatic carboxylic acids is 1. The van der Waals surface area contributed by atoms with E-state index in [1.807, 2.05) is 0 Å². The summed E-state index contributed by atoms with van der Waals surface area (Å²) in [5.41, 5.74) is -0.114. The minimum Gasteiger partial charge on any atom is -0.481 e. The van der Waals surface area contributed by atoms with Crippen molar-refractivity contribution in [3.63, 3.8) is 0 Å². The van der Waals surface area contributed by atoms with E-state index in [1.165, 1.54) is 12.1 Å². The lowest BCUT2D eigenvalue weighted by Crippen LogP contribution is -2.52. The predicted molar refractivity (Wildman–Crippen MR) is 95.8 cm³/mol. The van der Waals surface area contributed by atoms with Crippen molar-refractivity contribution in [3.05, 3.63) is 35.4 Å². The summed E-state index contributed by atoms with van der Waals surface area (Å²) in [5.74, 6) is -0.313. The van der Waals surface area contributed by atoms with Crippen LogP contribution in [0, 0.1) is 5.92 Å². The highest BCUT2D eigenvalue weighted by atomic mass is 32.2. The van der Waals surface area contributed by atoms with Gasteiger partial charge in [-0.15, -0.1) is 0 Å². The minimum absolute atomic E-state index is 0.134. The molecule has 2 unspecified atom stereocenters. The molecular formula is C18H21F3N2O3S. The number of hydrogen-bond acceptors (Lipinski definition) is 3. The molecule has 1 N–H and O–H groups in total. The van der Waals surface area contributed by atoms with Gasteiger partial charge in [-0.05, 0) is 24.1 Å². The normalized spacial score (nSPS) is 24.0. The molecule has 3 rings (SSSR count). The van der Waals surface area contributed by atoms with Gasteiger partial charge in [0.1, 0.15) is 0 Å². The maximum Gasteiger partial charge on any atom is 0.416 e. The number of carboxylic acid groups (broad SMARTS) is 1. The van der Waals surface area contributed by atoms with Crippen LogP contribution in [0.2, 0.25) is 0 Å². The zero-order valence-electron chi connectivity index (χ0n) is 14.6. The fourth-order valence-corrected chi connectivity index (χ4v) is 4.48. The van der Waals surface area contributed by atoms with Gasteiger partial charge in [0, 0.05) is 43.6 Å². The highest BCUT2D eigenvalue weighted by Gasteiger charge is 2.37. The number of thioether (sulfide) groups is 1. The zero-order valence-corrected chi connectivity index (χ0v) is 15.4. The van der Waals surface area contributed by atoms with Crippen LogP contribution in [0.5, 0.6) is 0 Å². The summed E-state index contributed by atoms with van der Waals surface area (Å²) in [7, 11) is 0. The molecule has 0 aromatic heterocycles. The quantitative estimate of drug-likeness (QED) is 0.824. The summed E-state index contributed by atoms with van der Waals surface area (Å²) in [6, 6.07) is 4.61. The first kappa shape index (κ1) is 19.9. The van der Waals surface area contributed by atoms with Gasteiger partial charge < -0.3 is 14.9 Å². The van der Waals surface area contributed by atoms with Gasteiger partial charge in [-0.25, -0.2) is 4.79 Å².